The fraction of sp³-hybridized carbons (Fsp3) is 0.818. The Hall–Kier alpha value is -1.10. The molecule has 5 nitrogen and oxygen atoms in total. The summed E-state index contributed by atoms with van der Waals surface area (Å²) in [5.74, 6) is 0.659. The number of anilines is 1. The van der Waals surface area contributed by atoms with Crippen molar-refractivity contribution in [2.45, 2.75) is 51.7 Å². The summed E-state index contributed by atoms with van der Waals surface area (Å²) in [4.78, 5) is 2.27. The third-order valence-corrected chi connectivity index (χ3v) is 3.26. The highest BCUT2D eigenvalue weighted by molar-refractivity contribution is 5.31. The fourth-order valence-corrected chi connectivity index (χ4v) is 2.39. The highest BCUT2D eigenvalue weighted by Gasteiger charge is 2.32. The van der Waals surface area contributed by atoms with Gasteiger partial charge in [-0.15, -0.1) is 5.10 Å². The lowest BCUT2D eigenvalue weighted by Gasteiger charge is -2.25. The smallest absolute Gasteiger partial charge is 0.318 e. The lowest BCUT2D eigenvalue weighted by molar-refractivity contribution is 0.453. The molecule has 1 aromatic rings. The molecular weight excluding hydrogens is 204 g/mol. The van der Waals surface area contributed by atoms with Gasteiger partial charge in [0, 0.05) is 12.1 Å². The highest BCUT2D eigenvalue weighted by Crippen LogP contribution is 2.30. The van der Waals surface area contributed by atoms with Gasteiger partial charge in [-0.05, 0) is 33.2 Å². The molecule has 1 fully saturated rings. The molecule has 0 saturated carbocycles. The van der Waals surface area contributed by atoms with Crippen LogP contribution in [0.25, 0.3) is 0 Å². The zero-order valence-electron chi connectivity index (χ0n) is 10.2. The molecule has 2 atom stereocenters. The number of rotatable bonds is 4. The first-order chi connectivity index (χ1) is 7.76. The van der Waals surface area contributed by atoms with E-state index in [1.165, 1.54) is 12.8 Å². The number of aromatic nitrogens is 2. The van der Waals surface area contributed by atoms with E-state index in [9.17, 15) is 0 Å². The van der Waals surface area contributed by atoms with Crippen LogP contribution in [0.4, 0.5) is 6.01 Å². The summed E-state index contributed by atoms with van der Waals surface area (Å²) in [6.07, 6.45) is 3.57. The molecule has 1 N–H and O–H groups in total. The summed E-state index contributed by atoms with van der Waals surface area (Å²) in [5.41, 5.74) is 0. The Morgan fingerprint density at radius 3 is 2.94 bits per heavy atom. The minimum absolute atomic E-state index is 0.507. The van der Waals surface area contributed by atoms with Crippen LogP contribution in [0.2, 0.25) is 0 Å². The maximum atomic E-state index is 5.65. The molecule has 0 bridgehead atoms. The van der Waals surface area contributed by atoms with E-state index in [0.717, 1.165) is 6.42 Å². The molecule has 0 radical (unpaired) electrons. The lowest BCUT2D eigenvalue weighted by Crippen LogP contribution is -2.34. The first-order valence-corrected chi connectivity index (χ1v) is 6.01. The van der Waals surface area contributed by atoms with Gasteiger partial charge >= 0.3 is 6.01 Å². The standard InChI is InChI=1S/C11H20N4O/c1-4-9-6-5-8(2)15(9)11-14-13-10(16-11)7-12-3/h8-9,12H,4-7H2,1-3H3. The SMILES string of the molecule is CCC1CCC(C)N1c1nnc(CNC)o1. The Bertz CT molecular complexity index is 338. The van der Waals surface area contributed by atoms with Gasteiger partial charge in [0.05, 0.1) is 6.54 Å². The van der Waals surface area contributed by atoms with Crippen molar-refractivity contribution in [3.63, 3.8) is 0 Å². The largest absolute Gasteiger partial charge is 0.407 e. The van der Waals surface area contributed by atoms with Crippen LogP contribution in [-0.4, -0.2) is 29.3 Å². The monoisotopic (exact) mass is 224 g/mol. The average Bonchev–Trinajstić information content (AvgIpc) is 2.85. The number of nitrogens with zero attached hydrogens (tertiary/aromatic N) is 3. The van der Waals surface area contributed by atoms with Crippen molar-refractivity contribution < 1.29 is 4.42 Å². The molecule has 0 spiro atoms. The van der Waals surface area contributed by atoms with Gasteiger partial charge in [0.2, 0.25) is 5.89 Å². The maximum Gasteiger partial charge on any atom is 0.318 e. The first-order valence-electron chi connectivity index (χ1n) is 6.01. The summed E-state index contributed by atoms with van der Waals surface area (Å²) >= 11 is 0. The average molecular weight is 224 g/mol. The quantitative estimate of drug-likeness (QED) is 0.841. The van der Waals surface area contributed by atoms with Crippen LogP contribution in [-0.2, 0) is 6.54 Å². The van der Waals surface area contributed by atoms with E-state index in [-0.39, 0.29) is 0 Å². The van der Waals surface area contributed by atoms with Crippen molar-refractivity contribution >= 4 is 6.01 Å². The molecule has 16 heavy (non-hydrogen) atoms. The minimum Gasteiger partial charge on any atom is -0.407 e. The second-order valence-corrected chi connectivity index (χ2v) is 4.40. The van der Waals surface area contributed by atoms with E-state index in [2.05, 4.69) is 34.3 Å². The second-order valence-electron chi connectivity index (χ2n) is 4.40. The minimum atomic E-state index is 0.507. The molecular formula is C11H20N4O. The van der Waals surface area contributed by atoms with Crippen LogP contribution in [0.1, 0.15) is 39.0 Å². The number of hydrogen-bond acceptors (Lipinski definition) is 5. The summed E-state index contributed by atoms with van der Waals surface area (Å²) < 4.78 is 5.65. The van der Waals surface area contributed by atoms with Gasteiger partial charge in [-0.3, -0.25) is 0 Å². The molecule has 1 aliphatic heterocycles. The van der Waals surface area contributed by atoms with Crippen LogP contribution in [0, 0.1) is 0 Å². The summed E-state index contributed by atoms with van der Waals surface area (Å²) in [7, 11) is 1.87. The van der Waals surface area contributed by atoms with Gasteiger partial charge in [0.15, 0.2) is 0 Å². The van der Waals surface area contributed by atoms with Crippen molar-refractivity contribution in [2.75, 3.05) is 11.9 Å². The van der Waals surface area contributed by atoms with Crippen LogP contribution in [0.3, 0.4) is 0 Å². The normalized spacial score (nSPS) is 25.3. The van der Waals surface area contributed by atoms with Gasteiger partial charge in [0.1, 0.15) is 0 Å². The van der Waals surface area contributed by atoms with Gasteiger partial charge in [-0.25, -0.2) is 0 Å². The highest BCUT2D eigenvalue weighted by atomic mass is 16.4. The van der Waals surface area contributed by atoms with Crippen molar-refractivity contribution in [3.8, 4) is 0 Å². The number of hydrogen-bond donors (Lipinski definition) is 1. The number of nitrogens with one attached hydrogen (secondary N) is 1. The molecule has 2 heterocycles. The predicted molar refractivity (Wildman–Crippen MR) is 62.3 cm³/mol. The van der Waals surface area contributed by atoms with Crippen molar-refractivity contribution in [2.24, 2.45) is 0 Å². The maximum absolute atomic E-state index is 5.65. The lowest BCUT2D eigenvalue weighted by atomic mass is 10.2. The molecule has 2 unspecified atom stereocenters. The van der Waals surface area contributed by atoms with E-state index >= 15 is 0 Å². The summed E-state index contributed by atoms with van der Waals surface area (Å²) in [6.45, 7) is 5.06. The topological polar surface area (TPSA) is 54.2 Å². The van der Waals surface area contributed by atoms with Crippen LogP contribution in [0.15, 0.2) is 4.42 Å². The molecule has 2 rings (SSSR count). The second kappa shape index (κ2) is 4.82. The van der Waals surface area contributed by atoms with Gasteiger partial charge in [-0.2, -0.15) is 0 Å². The van der Waals surface area contributed by atoms with Crippen molar-refractivity contribution in [1.29, 1.82) is 0 Å². The Morgan fingerprint density at radius 1 is 1.44 bits per heavy atom. The Morgan fingerprint density at radius 2 is 2.25 bits per heavy atom. The third-order valence-electron chi connectivity index (χ3n) is 3.26. The van der Waals surface area contributed by atoms with E-state index in [1.807, 2.05) is 7.05 Å². The van der Waals surface area contributed by atoms with E-state index in [0.29, 0.717) is 30.5 Å². The molecule has 5 heteroatoms. The van der Waals surface area contributed by atoms with Gasteiger partial charge in [0.25, 0.3) is 0 Å². The molecule has 0 aromatic carbocycles. The zero-order chi connectivity index (χ0) is 11.5. The zero-order valence-corrected chi connectivity index (χ0v) is 10.2. The van der Waals surface area contributed by atoms with Gasteiger partial charge in [-0.1, -0.05) is 12.0 Å². The van der Waals surface area contributed by atoms with Crippen molar-refractivity contribution in [1.82, 2.24) is 15.5 Å². The fourth-order valence-electron chi connectivity index (χ4n) is 2.39. The van der Waals surface area contributed by atoms with Crippen LogP contribution >= 0.6 is 0 Å². The van der Waals surface area contributed by atoms with E-state index < -0.39 is 0 Å². The molecule has 1 aliphatic rings. The van der Waals surface area contributed by atoms with E-state index in [4.69, 9.17) is 4.42 Å². The Kier molecular flexibility index (Phi) is 3.43. The van der Waals surface area contributed by atoms with Gasteiger partial charge < -0.3 is 14.6 Å². The summed E-state index contributed by atoms with van der Waals surface area (Å²) in [5, 5.41) is 11.2. The van der Waals surface area contributed by atoms with Crippen LogP contribution in [0.5, 0.6) is 0 Å². The molecule has 1 aromatic heterocycles. The van der Waals surface area contributed by atoms with Crippen molar-refractivity contribution in [3.05, 3.63) is 5.89 Å². The molecule has 0 aliphatic carbocycles. The van der Waals surface area contributed by atoms with E-state index in [1.54, 1.807) is 0 Å². The summed E-state index contributed by atoms with van der Waals surface area (Å²) in [6, 6.07) is 1.74. The molecule has 1 saturated heterocycles. The predicted octanol–water partition coefficient (Wildman–Crippen LogP) is 1.56. The van der Waals surface area contributed by atoms with Crippen LogP contribution < -0.4 is 10.2 Å². The third kappa shape index (κ3) is 2.04. The first kappa shape index (κ1) is 11.4. The molecule has 90 valence electrons. The molecule has 0 amide bonds. The Labute approximate surface area is 96.2 Å². The Balaban J connectivity index is 2.14.